The minimum atomic E-state index is -1.19. The van der Waals surface area contributed by atoms with Crippen molar-refractivity contribution in [3.63, 3.8) is 0 Å². The van der Waals surface area contributed by atoms with E-state index in [4.69, 9.17) is 0 Å². The molecule has 2 heterocycles. The first-order valence-electron chi connectivity index (χ1n) is 14.2. The standard InChI is InChI=1S/C33H27N3O7/c1-33-26(30(39)35(32(33)41)19-7-3-2-4-8-19)17-25-23(28(33)18-6-5-9-22(37)16-18)14-15-24-27(25)31(40)34(29(24)38)20-10-12-21(13-11-20)36(42)43/h2-14,16,24-28,37H,15,17H2,1H3. The summed E-state index contributed by atoms with van der Waals surface area (Å²) in [4.78, 5) is 69.1. The fourth-order valence-corrected chi connectivity index (χ4v) is 7.90. The van der Waals surface area contributed by atoms with Gasteiger partial charge < -0.3 is 5.11 Å². The number of hydrogen-bond donors (Lipinski definition) is 1. The third-order valence-electron chi connectivity index (χ3n) is 9.81. The Kier molecular flexibility index (Phi) is 5.88. The third-order valence-corrected chi connectivity index (χ3v) is 9.81. The molecule has 7 rings (SSSR count). The van der Waals surface area contributed by atoms with Crippen molar-refractivity contribution < 1.29 is 29.2 Å². The van der Waals surface area contributed by atoms with Gasteiger partial charge in [0.15, 0.2) is 0 Å². The minimum absolute atomic E-state index is 0.0159. The predicted octanol–water partition coefficient (Wildman–Crippen LogP) is 4.74. The molecule has 4 aliphatic rings. The first-order valence-corrected chi connectivity index (χ1v) is 14.2. The molecule has 1 saturated carbocycles. The topological polar surface area (TPSA) is 138 Å². The molecule has 6 atom stereocenters. The van der Waals surface area contributed by atoms with Gasteiger partial charge in [-0.05, 0) is 67.6 Å². The number of carbonyl (C=O) groups is 4. The van der Waals surface area contributed by atoms with Gasteiger partial charge in [0, 0.05) is 18.1 Å². The molecule has 0 radical (unpaired) electrons. The molecule has 10 nitrogen and oxygen atoms in total. The van der Waals surface area contributed by atoms with Gasteiger partial charge in [0.25, 0.3) is 5.69 Å². The SMILES string of the molecule is CC12C(=O)N(c3ccccc3)C(=O)C1CC1C(=CCC3C(=O)N(c4ccc([N+](=O)[O-])cc4)C(=O)C31)C2c1cccc(O)c1. The van der Waals surface area contributed by atoms with Crippen molar-refractivity contribution in [3.8, 4) is 5.75 Å². The third kappa shape index (κ3) is 3.72. The van der Waals surface area contributed by atoms with Crippen LogP contribution in [-0.4, -0.2) is 33.7 Å². The van der Waals surface area contributed by atoms with Gasteiger partial charge in [0.2, 0.25) is 23.6 Å². The molecule has 2 aliphatic carbocycles. The zero-order chi connectivity index (χ0) is 30.2. The number of nitro groups is 1. The van der Waals surface area contributed by atoms with Gasteiger partial charge in [-0.3, -0.25) is 34.2 Å². The number of nitro benzene ring substituents is 1. The summed E-state index contributed by atoms with van der Waals surface area (Å²) in [6, 6.07) is 20.7. The molecule has 3 aromatic carbocycles. The van der Waals surface area contributed by atoms with Crippen LogP contribution in [-0.2, 0) is 19.2 Å². The van der Waals surface area contributed by atoms with Gasteiger partial charge in [0.05, 0.1) is 39.5 Å². The number of carbonyl (C=O) groups excluding carboxylic acids is 4. The summed E-state index contributed by atoms with van der Waals surface area (Å²) in [5.41, 5.74) is 0.838. The van der Waals surface area contributed by atoms with Crippen molar-refractivity contribution >= 4 is 40.7 Å². The lowest BCUT2D eigenvalue weighted by Crippen LogP contribution is -2.48. The van der Waals surface area contributed by atoms with E-state index in [0.29, 0.717) is 11.3 Å². The molecule has 2 aliphatic heterocycles. The average Bonchev–Trinajstić information content (AvgIpc) is 3.37. The summed E-state index contributed by atoms with van der Waals surface area (Å²) in [5.74, 6) is -4.81. The number of benzene rings is 3. The van der Waals surface area contributed by atoms with Crippen LogP contribution in [0, 0.1) is 39.2 Å². The van der Waals surface area contributed by atoms with Crippen LogP contribution in [0.2, 0.25) is 0 Å². The minimum Gasteiger partial charge on any atom is -0.508 e. The van der Waals surface area contributed by atoms with Crippen molar-refractivity contribution in [1.29, 1.82) is 0 Å². The molecule has 1 N–H and O–H groups in total. The molecule has 2 saturated heterocycles. The average molecular weight is 578 g/mol. The molecule has 3 fully saturated rings. The molecule has 3 aromatic rings. The van der Waals surface area contributed by atoms with Crippen LogP contribution in [0.3, 0.4) is 0 Å². The maximum absolute atomic E-state index is 14.3. The number of nitrogens with zero attached hydrogens (tertiary/aromatic N) is 3. The maximum Gasteiger partial charge on any atom is 0.269 e. The van der Waals surface area contributed by atoms with Crippen LogP contribution < -0.4 is 9.80 Å². The number of hydrogen-bond acceptors (Lipinski definition) is 7. The number of aromatic hydroxyl groups is 1. The zero-order valence-electron chi connectivity index (χ0n) is 23.1. The number of non-ortho nitro benzene ring substituents is 1. The normalized spacial score (nSPS) is 29.7. The Balaban J connectivity index is 1.34. The lowest BCUT2D eigenvalue weighted by Gasteiger charge is -2.49. The van der Waals surface area contributed by atoms with Crippen LogP contribution in [0.4, 0.5) is 17.1 Å². The maximum atomic E-state index is 14.3. The molecule has 0 bridgehead atoms. The van der Waals surface area contributed by atoms with Crippen LogP contribution in [0.5, 0.6) is 5.75 Å². The first kappa shape index (κ1) is 26.8. The molecule has 0 aromatic heterocycles. The van der Waals surface area contributed by atoms with Gasteiger partial charge in [-0.1, -0.05) is 42.0 Å². The van der Waals surface area contributed by atoms with Crippen LogP contribution in [0.1, 0.15) is 31.2 Å². The van der Waals surface area contributed by atoms with E-state index in [9.17, 15) is 34.4 Å². The molecular weight excluding hydrogens is 550 g/mol. The Morgan fingerprint density at radius 3 is 2.21 bits per heavy atom. The molecule has 216 valence electrons. The second-order valence-corrected chi connectivity index (χ2v) is 11.9. The van der Waals surface area contributed by atoms with Gasteiger partial charge in [-0.25, -0.2) is 4.90 Å². The summed E-state index contributed by atoms with van der Waals surface area (Å²) in [5, 5.41) is 21.6. The predicted molar refractivity (Wildman–Crippen MR) is 155 cm³/mol. The smallest absolute Gasteiger partial charge is 0.269 e. The number of rotatable bonds is 4. The molecular formula is C33H27N3O7. The van der Waals surface area contributed by atoms with E-state index >= 15 is 0 Å². The number of amides is 4. The van der Waals surface area contributed by atoms with Crippen LogP contribution in [0.15, 0.2) is 90.5 Å². The number of phenols is 1. The lowest BCUT2D eigenvalue weighted by molar-refractivity contribution is -0.384. The lowest BCUT2D eigenvalue weighted by atomic mass is 9.51. The van der Waals surface area contributed by atoms with Gasteiger partial charge in [-0.2, -0.15) is 0 Å². The highest BCUT2D eigenvalue weighted by atomic mass is 16.6. The van der Waals surface area contributed by atoms with E-state index < -0.39 is 45.8 Å². The van der Waals surface area contributed by atoms with Gasteiger partial charge in [-0.15, -0.1) is 0 Å². The fourth-order valence-electron chi connectivity index (χ4n) is 7.90. The first-order chi connectivity index (χ1) is 20.6. The van der Waals surface area contributed by atoms with E-state index in [2.05, 4.69) is 0 Å². The zero-order valence-corrected chi connectivity index (χ0v) is 23.1. The monoisotopic (exact) mass is 577 g/mol. The summed E-state index contributed by atoms with van der Waals surface area (Å²) in [6.45, 7) is 1.80. The fraction of sp³-hybridized carbons (Fsp3) is 0.273. The number of phenolic OH excluding ortho intramolecular Hbond substituents is 1. The quantitative estimate of drug-likeness (QED) is 0.205. The van der Waals surface area contributed by atoms with E-state index in [1.165, 1.54) is 35.2 Å². The highest BCUT2D eigenvalue weighted by Crippen LogP contribution is 2.63. The summed E-state index contributed by atoms with van der Waals surface area (Å²) >= 11 is 0. The van der Waals surface area contributed by atoms with E-state index in [1.807, 2.05) is 12.1 Å². The number of imide groups is 2. The van der Waals surface area contributed by atoms with E-state index in [-0.39, 0.29) is 47.7 Å². The molecule has 10 heteroatoms. The molecule has 0 spiro atoms. The van der Waals surface area contributed by atoms with Crippen molar-refractivity contribution in [2.45, 2.75) is 25.7 Å². The van der Waals surface area contributed by atoms with Crippen LogP contribution in [0.25, 0.3) is 0 Å². The Labute approximate surface area is 246 Å². The highest BCUT2D eigenvalue weighted by Gasteiger charge is 2.67. The summed E-state index contributed by atoms with van der Waals surface area (Å²) < 4.78 is 0. The number of anilines is 2. The summed E-state index contributed by atoms with van der Waals surface area (Å²) in [6.07, 6.45) is 2.42. The second kappa shape index (κ2) is 9.45. The van der Waals surface area contributed by atoms with Crippen molar-refractivity contribution in [3.05, 3.63) is 106 Å². The van der Waals surface area contributed by atoms with E-state index in [1.54, 1.807) is 49.4 Å². The Morgan fingerprint density at radius 2 is 1.53 bits per heavy atom. The Morgan fingerprint density at radius 1 is 0.837 bits per heavy atom. The largest absolute Gasteiger partial charge is 0.508 e. The van der Waals surface area contributed by atoms with Gasteiger partial charge >= 0.3 is 0 Å². The molecule has 4 amide bonds. The van der Waals surface area contributed by atoms with E-state index in [0.717, 1.165) is 10.5 Å². The number of para-hydroxylation sites is 1. The van der Waals surface area contributed by atoms with Crippen molar-refractivity contribution in [1.82, 2.24) is 0 Å². The second-order valence-electron chi connectivity index (χ2n) is 11.9. The molecule has 43 heavy (non-hydrogen) atoms. The summed E-state index contributed by atoms with van der Waals surface area (Å²) in [7, 11) is 0. The van der Waals surface area contributed by atoms with Crippen molar-refractivity contribution in [2.24, 2.45) is 29.1 Å². The number of allylic oxidation sites excluding steroid dienone is 2. The van der Waals surface area contributed by atoms with Crippen molar-refractivity contribution in [2.75, 3.05) is 9.80 Å². The molecule has 6 unspecified atom stereocenters. The Hall–Kier alpha value is -5.12. The number of fused-ring (bicyclic) bond motifs is 4. The van der Waals surface area contributed by atoms with Gasteiger partial charge in [0.1, 0.15) is 5.75 Å². The Bertz CT molecular complexity index is 1750. The van der Waals surface area contributed by atoms with Crippen LogP contribution >= 0.6 is 0 Å². The highest BCUT2D eigenvalue weighted by molar-refractivity contribution is 6.25.